The molecular formula is C42H37N3O7. The summed E-state index contributed by atoms with van der Waals surface area (Å²) in [5.41, 5.74) is 9.70. The van der Waals surface area contributed by atoms with Crippen LogP contribution in [0.4, 0.5) is 17.1 Å². The second-order valence-electron chi connectivity index (χ2n) is 12.3. The molecule has 0 spiro atoms. The lowest BCUT2D eigenvalue weighted by atomic mass is 10.1. The zero-order valence-corrected chi connectivity index (χ0v) is 28.6. The van der Waals surface area contributed by atoms with Crippen LogP contribution in [0, 0.1) is 0 Å². The zero-order chi connectivity index (χ0) is 36.6. The Hall–Kier alpha value is -6.81. The van der Waals surface area contributed by atoms with Crippen molar-refractivity contribution in [3.63, 3.8) is 0 Å². The molecule has 52 heavy (non-hydrogen) atoms. The number of fused-ring (bicyclic) bond motifs is 1. The summed E-state index contributed by atoms with van der Waals surface area (Å²) in [6.07, 6.45) is -0.270. The summed E-state index contributed by atoms with van der Waals surface area (Å²) >= 11 is 0. The fourth-order valence-electron chi connectivity index (χ4n) is 5.50. The Labute approximate surface area is 300 Å². The molecule has 0 aromatic heterocycles. The number of rotatable bonds is 13. The minimum Gasteiger partial charge on any atom is -0.489 e. The number of benzene rings is 6. The predicted molar refractivity (Wildman–Crippen MR) is 201 cm³/mol. The molecule has 0 radical (unpaired) electrons. The molecule has 2 amide bonds. The van der Waals surface area contributed by atoms with Crippen LogP contribution in [0.3, 0.4) is 0 Å². The summed E-state index contributed by atoms with van der Waals surface area (Å²) in [6.45, 7) is 4.03. The maximum absolute atomic E-state index is 13.6. The van der Waals surface area contributed by atoms with Crippen molar-refractivity contribution in [1.82, 2.24) is 0 Å². The fourth-order valence-corrected chi connectivity index (χ4v) is 5.50. The molecule has 10 heteroatoms. The van der Waals surface area contributed by atoms with Crippen molar-refractivity contribution in [3.05, 3.63) is 155 Å². The first-order valence-corrected chi connectivity index (χ1v) is 16.6. The van der Waals surface area contributed by atoms with Gasteiger partial charge in [-0.15, -0.1) is 0 Å². The van der Waals surface area contributed by atoms with Crippen LogP contribution in [-0.2, 0) is 13.2 Å². The van der Waals surface area contributed by atoms with Gasteiger partial charge in [0.05, 0.1) is 28.7 Å². The Kier molecular flexibility index (Phi) is 10.7. The van der Waals surface area contributed by atoms with Gasteiger partial charge in [-0.3, -0.25) is 9.59 Å². The lowest BCUT2D eigenvalue weighted by Crippen LogP contribution is -2.16. The van der Waals surface area contributed by atoms with Crippen LogP contribution in [0.15, 0.2) is 127 Å². The van der Waals surface area contributed by atoms with Crippen LogP contribution in [0.2, 0.25) is 0 Å². The first-order chi connectivity index (χ1) is 25.1. The summed E-state index contributed by atoms with van der Waals surface area (Å²) in [6, 6.07) is 37.2. The Morgan fingerprint density at radius 3 is 1.92 bits per heavy atom. The van der Waals surface area contributed by atoms with Gasteiger partial charge in [-0.1, -0.05) is 72.8 Å². The van der Waals surface area contributed by atoms with E-state index in [-0.39, 0.29) is 41.9 Å². The standard InChI is InChI=1S/C42H37N3O7/c1-26(2)52-39-23-31(42(48)49)17-20-36(39)45-41(47)30-16-19-35(38(22-30)50-24-27-9-4-3-5-10-27)44-40(46)29-15-18-34(43)37(21-29)51-25-32-13-8-12-28-11-6-7-14-33(28)32/h3-23,26H,24-25,43H2,1-2H3,(H,44,46)(H,45,47)(H,48,49). The van der Waals surface area contributed by atoms with E-state index in [1.54, 1.807) is 44.2 Å². The number of hydrogen-bond acceptors (Lipinski definition) is 7. The van der Waals surface area contributed by atoms with E-state index in [0.717, 1.165) is 21.9 Å². The van der Waals surface area contributed by atoms with Gasteiger partial charge in [-0.25, -0.2) is 4.79 Å². The van der Waals surface area contributed by atoms with E-state index < -0.39 is 17.8 Å². The van der Waals surface area contributed by atoms with Crippen molar-refractivity contribution >= 4 is 45.6 Å². The van der Waals surface area contributed by atoms with Gasteiger partial charge in [-0.05, 0) is 90.3 Å². The van der Waals surface area contributed by atoms with Gasteiger partial charge in [0, 0.05) is 11.1 Å². The maximum Gasteiger partial charge on any atom is 0.335 e. The fraction of sp³-hybridized carbons (Fsp3) is 0.119. The van der Waals surface area contributed by atoms with E-state index in [1.165, 1.54) is 24.3 Å². The molecule has 0 aliphatic rings. The molecule has 262 valence electrons. The lowest BCUT2D eigenvalue weighted by molar-refractivity contribution is 0.0695. The molecule has 0 saturated carbocycles. The predicted octanol–water partition coefficient (Wildman–Crippen LogP) is 8.57. The third-order valence-electron chi connectivity index (χ3n) is 8.11. The van der Waals surface area contributed by atoms with Crippen molar-refractivity contribution < 1.29 is 33.7 Å². The molecule has 0 fully saturated rings. The van der Waals surface area contributed by atoms with Crippen LogP contribution in [0.25, 0.3) is 10.8 Å². The number of carbonyl (C=O) groups excluding carboxylic acids is 2. The molecular weight excluding hydrogens is 658 g/mol. The van der Waals surface area contributed by atoms with Crippen LogP contribution >= 0.6 is 0 Å². The van der Waals surface area contributed by atoms with E-state index in [0.29, 0.717) is 28.4 Å². The molecule has 6 rings (SSSR count). The number of carboxylic acid groups (broad SMARTS) is 1. The molecule has 0 unspecified atom stereocenters. The van der Waals surface area contributed by atoms with Crippen molar-refractivity contribution in [3.8, 4) is 17.2 Å². The highest BCUT2D eigenvalue weighted by Gasteiger charge is 2.18. The van der Waals surface area contributed by atoms with Gasteiger partial charge in [0.1, 0.15) is 30.5 Å². The van der Waals surface area contributed by atoms with Crippen LogP contribution in [-0.4, -0.2) is 29.0 Å². The minimum atomic E-state index is -1.12. The average Bonchev–Trinajstić information content (AvgIpc) is 3.14. The molecule has 5 N–H and O–H groups in total. The van der Waals surface area contributed by atoms with E-state index in [9.17, 15) is 19.5 Å². The summed E-state index contributed by atoms with van der Waals surface area (Å²) < 4.78 is 18.1. The van der Waals surface area contributed by atoms with Crippen LogP contribution in [0.5, 0.6) is 17.2 Å². The molecule has 10 nitrogen and oxygen atoms in total. The molecule has 0 aliphatic carbocycles. The third kappa shape index (κ3) is 8.48. The van der Waals surface area contributed by atoms with E-state index >= 15 is 0 Å². The number of nitrogens with one attached hydrogen (secondary N) is 2. The van der Waals surface area contributed by atoms with Crippen molar-refractivity contribution in [1.29, 1.82) is 0 Å². The number of hydrogen-bond donors (Lipinski definition) is 4. The molecule has 0 aliphatic heterocycles. The average molecular weight is 696 g/mol. The molecule has 0 heterocycles. The number of amides is 2. The van der Waals surface area contributed by atoms with E-state index in [1.807, 2.05) is 72.8 Å². The number of nitrogen functional groups attached to an aromatic ring is 1. The first-order valence-electron chi connectivity index (χ1n) is 16.6. The largest absolute Gasteiger partial charge is 0.489 e. The normalized spacial score (nSPS) is 10.8. The Morgan fingerprint density at radius 2 is 1.21 bits per heavy atom. The first kappa shape index (κ1) is 35.0. The Balaban J connectivity index is 1.23. The highest BCUT2D eigenvalue weighted by Crippen LogP contribution is 2.32. The van der Waals surface area contributed by atoms with E-state index in [2.05, 4.69) is 10.6 Å². The monoisotopic (exact) mass is 695 g/mol. The maximum atomic E-state index is 13.6. The van der Waals surface area contributed by atoms with Gasteiger partial charge in [0.2, 0.25) is 0 Å². The van der Waals surface area contributed by atoms with Gasteiger partial charge in [0.25, 0.3) is 11.8 Å². The lowest BCUT2D eigenvalue weighted by Gasteiger charge is -2.17. The molecule has 0 atom stereocenters. The SMILES string of the molecule is CC(C)Oc1cc(C(=O)O)ccc1NC(=O)c1ccc(NC(=O)c2ccc(N)c(OCc3cccc4ccccc34)c2)c(OCc2ccccc2)c1. The molecule has 0 bridgehead atoms. The molecule has 6 aromatic carbocycles. The topological polar surface area (TPSA) is 149 Å². The van der Waals surface area contributed by atoms with E-state index in [4.69, 9.17) is 19.9 Å². The zero-order valence-electron chi connectivity index (χ0n) is 28.6. The Morgan fingerprint density at radius 1 is 0.635 bits per heavy atom. The number of nitrogens with two attached hydrogens (primary N) is 1. The van der Waals surface area contributed by atoms with Crippen LogP contribution < -0.4 is 30.6 Å². The molecule has 0 saturated heterocycles. The summed E-state index contributed by atoms with van der Waals surface area (Å²) in [4.78, 5) is 38.7. The van der Waals surface area contributed by atoms with Gasteiger partial charge >= 0.3 is 5.97 Å². The number of anilines is 3. The minimum absolute atomic E-state index is 0.0231. The third-order valence-corrected chi connectivity index (χ3v) is 8.11. The quantitative estimate of drug-likeness (QED) is 0.0878. The second-order valence-corrected chi connectivity index (χ2v) is 12.3. The number of carbonyl (C=O) groups is 3. The summed E-state index contributed by atoms with van der Waals surface area (Å²) in [5.74, 6) is -1.21. The highest BCUT2D eigenvalue weighted by molar-refractivity contribution is 6.08. The summed E-state index contributed by atoms with van der Waals surface area (Å²) in [5, 5.41) is 17.3. The second kappa shape index (κ2) is 15.8. The van der Waals surface area contributed by atoms with Gasteiger partial charge in [-0.2, -0.15) is 0 Å². The van der Waals surface area contributed by atoms with Gasteiger partial charge < -0.3 is 35.7 Å². The van der Waals surface area contributed by atoms with Gasteiger partial charge in [0.15, 0.2) is 0 Å². The van der Waals surface area contributed by atoms with Crippen LogP contribution in [0.1, 0.15) is 56.0 Å². The number of ether oxygens (including phenoxy) is 3. The summed E-state index contributed by atoms with van der Waals surface area (Å²) in [7, 11) is 0. The van der Waals surface area contributed by atoms with Crippen molar-refractivity contribution in [2.24, 2.45) is 0 Å². The highest BCUT2D eigenvalue weighted by atomic mass is 16.5. The number of aromatic carboxylic acids is 1. The smallest absolute Gasteiger partial charge is 0.335 e. The van der Waals surface area contributed by atoms with Crippen molar-refractivity contribution in [2.45, 2.75) is 33.2 Å². The number of carboxylic acids is 1. The van der Waals surface area contributed by atoms with Crippen molar-refractivity contribution in [2.75, 3.05) is 16.4 Å². The Bertz CT molecular complexity index is 2250. The molecule has 6 aromatic rings.